The van der Waals surface area contributed by atoms with Gasteiger partial charge in [0, 0.05) is 25.0 Å². The van der Waals surface area contributed by atoms with Crippen LogP contribution in [0, 0.1) is 5.92 Å². The number of amides is 1. The molecule has 1 aliphatic heterocycles. The average Bonchev–Trinajstić information content (AvgIpc) is 2.94. The lowest BCUT2D eigenvalue weighted by molar-refractivity contribution is -0.137. The first kappa shape index (κ1) is 20.8. The highest BCUT2D eigenvalue weighted by Gasteiger charge is 2.32. The predicted octanol–water partition coefficient (Wildman–Crippen LogP) is 3.52. The number of carbonyl (C=O) groups is 1. The summed E-state index contributed by atoms with van der Waals surface area (Å²) in [6.07, 6.45) is -2.07. The molecule has 24 heavy (non-hydrogen) atoms. The highest BCUT2D eigenvalue weighted by Crippen LogP contribution is 2.30. The molecule has 1 aromatic rings. The highest BCUT2D eigenvalue weighted by molar-refractivity contribution is 5.85. The molecule has 1 amide bonds. The van der Waals surface area contributed by atoms with Crippen molar-refractivity contribution in [3.63, 3.8) is 0 Å². The van der Waals surface area contributed by atoms with Gasteiger partial charge in [0.25, 0.3) is 0 Å². The van der Waals surface area contributed by atoms with E-state index in [9.17, 15) is 18.0 Å². The predicted molar refractivity (Wildman–Crippen MR) is 90.2 cm³/mol. The van der Waals surface area contributed by atoms with Crippen molar-refractivity contribution in [3.05, 3.63) is 35.4 Å². The summed E-state index contributed by atoms with van der Waals surface area (Å²) < 4.78 is 38.3. The van der Waals surface area contributed by atoms with Gasteiger partial charge < -0.3 is 10.2 Å². The van der Waals surface area contributed by atoms with Crippen molar-refractivity contribution in [1.29, 1.82) is 0 Å². The molecule has 2 rings (SSSR count). The van der Waals surface area contributed by atoms with E-state index in [0.717, 1.165) is 38.1 Å². The number of benzene rings is 1. The molecule has 1 fully saturated rings. The number of halogens is 4. The zero-order valence-electron chi connectivity index (χ0n) is 13.9. The molecule has 0 aromatic heterocycles. The van der Waals surface area contributed by atoms with Gasteiger partial charge in [-0.2, -0.15) is 13.2 Å². The Hall–Kier alpha value is -1.27. The molecule has 2 atom stereocenters. The number of alkyl halides is 3. The van der Waals surface area contributed by atoms with Crippen molar-refractivity contribution in [2.45, 2.75) is 38.4 Å². The standard InChI is InChI=1S/C17H23F3N2O.ClH/c1-12(16(23)22-8-4-7-15(22)11-21-2)9-13-5-3-6-14(10-13)17(18,19)20;/h3,5-6,10,12,15,21H,4,7-9,11H2,1-2H3;1H. The molecule has 0 saturated carbocycles. The molecule has 1 aromatic carbocycles. The fraction of sp³-hybridized carbons (Fsp3) is 0.588. The maximum absolute atomic E-state index is 12.8. The van der Waals surface area contributed by atoms with Crippen LogP contribution in [0.5, 0.6) is 0 Å². The molecule has 1 aliphatic rings. The van der Waals surface area contributed by atoms with Gasteiger partial charge in [-0.25, -0.2) is 0 Å². The van der Waals surface area contributed by atoms with Crippen molar-refractivity contribution in [3.8, 4) is 0 Å². The monoisotopic (exact) mass is 364 g/mol. The van der Waals surface area contributed by atoms with Crippen LogP contribution in [0.25, 0.3) is 0 Å². The van der Waals surface area contributed by atoms with Crippen LogP contribution in [-0.2, 0) is 17.4 Å². The van der Waals surface area contributed by atoms with Crippen LogP contribution in [0.1, 0.15) is 30.9 Å². The second kappa shape index (κ2) is 8.72. The lowest BCUT2D eigenvalue weighted by Crippen LogP contribution is -2.43. The summed E-state index contributed by atoms with van der Waals surface area (Å²) in [7, 11) is 1.85. The van der Waals surface area contributed by atoms with Crippen LogP contribution in [-0.4, -0.2) is 37.0 Å². The van der Waals surface area contributed by atoms with E-state index in [-0.39, 0.29) is 30.3 Å². The average molecular weight is 365 g/mol. The van der Waals surface area contributed by atoms with E-state index in [2.05, 4.69) is 5.32 Å². The zero-order valence-corrected chi connectivity index (χ0v) is 14.7. The first-order valence-electron chi connectivity index (χ1n) is 7.94. The van der Waals surface area contributed by atoms with E-state index in [0.29, 0.717) is 12.0 Å². The van der Waals surface area contributed by atoms with Crippen LogP contribution in [0.3, 0.4) is 0 Å². The molecule has 0 spiro atoms. The number of hydrogen-bond donors (Lipinski definition) is 1. The van der Waals surface area contributed by atoms with E-state index < -0.39 is 11.7 Å². The summed E-state index contributed by atoms with van der Waals surface area (Å²) in [4.78, 5) is 14.5. The topological polar surface area (TPSA) is 32.3 Å². The lowest BCUT2D eigenvalue weighted by Gasteiger charge is -2.27. The summed E-state index contributed by atoms with van der Waals surface area (Å²) in [6.45, 7) is 3.28. The molecule has 7 heteroatoms. The van der Waals surface area contributed by atoms with Gasteiger partial charge in [-0.1, -0.05) is 25.1 Å². The van der Waals surface area contributed by atoms with E-state index >= 15 is 0 Å². The third-order valence-electron chi connectivity index (χ3n) is 4.32. The Morgan fingerprint density at radius 3 is 2.75 bits per heavy atom. The summed E-state index contributed by atoms with van der Waals surface area (Å²) in [6, 6.07) is 5.43. The second-order valence-corrected chi connectivity index (χ2v) is 6.19. The Bertz CT molecular complexity index is 551. The van der Waals surface area contributed by atoms with Crippen LogP contribution in [0.4, 0.5) is 13.2 Å². The molecule has 0 bridgehead atoms. The Labute approximate surface area is 147 Å². The van der Waals surface area contributed by atoms with Gasteiger partial charge in [0.05, 0.1) is 5.56 Å². The number of nitrogens with one attached hydrogen (secondary N) is 1. The second-order valence-electron chi connectivity index (χ2n) is 6.19. The third kappa shape index (κ3) is 5.11. The number of likely N-dealkylation sites (N-methyl/N-ethyl adjacent to an activating group) is 1. The Morgan fingerprint density at radius 2 is 2.12 bits per heavy atom. The molecule has 2 unspecified atom stereocenters. The first-order valence-corrected chi connectivity index (χ1v) is 7.94. The Kier molecular flexibility index (Phi) is 7.55. The molecular formula is C17H24ClF3N2O. The van der Waals surface area contributed by atoms with Crippen molar-refractivity contribution in [1.82, 2.24) is 10.2 Å². The van der Waals surface area contributed by atoms with E-state index in [1.807, 2.05) is 11.9 Å². The van der Waals surface area contributed by atoms with Gasteiger partial charge in [-0.05, 0) is 37.9 Å². The first-order chi connectivity index (χ1) is 10.8. The molecule has 3 nitrogen and oxygen atoms in total. The number of carbonyl (C=O) groups excluding carboxylic acids is 1. The fourth-order valence-electron chi connectivity index (χ4n) is 3.17. The number of likely N-dealkylation sites (tertiary alicyclic amines) is 1. The zero-order chi connectivity index (χ0) is 17.0. The number of rotatable bonds is 5. The quantitative estimate of drug-likeness (QED) is 0.867. The summed E-state index contributed by atoms with van der Waals surface area (Å²) in [5.74, 6) is -0.295. The lowest BCUT2D eigenvalue weighted by atomic mass is 9.98. The number of nitrogens with zero attached hydrogens (tertiary/aromatic N) is 1. The normalized spacial score (nSPS) is 19.0. The highest BCUT2D eigenvalue weighted by atomic mass is 35.5. The fourth-order valence-corrected chi connectivity index (χ4v) is 3.17. The Morgan fingerprint density at radius 1 is 1.42 bits per heavy atom. The van der Waals surface area contributed by atoms with Gasteiger partial charge in [-0.3, -0.25) is 4.79 Å². The van der Waals surface area contributed by atoms with E-state index in [1.54, 1.807) is 13.0 Å². The van der Waals surface area contributed by atoms with Gasteiger partial charge in [0.15, 0.2) is 0 Å². The van der Waals surface area contributed by atoms with Crippen molar-refractivity contribution in [2.75, 3.05) is 20.1 Å². The molecule has 0 aliphatic carbocycles. The van der Waals surface area contributed by atoms with E-state index in [1.165, 1.54) is 6.07 Å². The minimum Gasteiger partial charge on any atom is -0.338 e. The van der Waals surface area contributed by atoms with Crippen LogP contribution in [0.15, 0.2) is 24.3 Å². The third-order valence-corrected chi connectivity index (χ3v) is 4.32. The molecule has 136 valence electrons. The molecule has 1 saturated heterocycles. The molecule has 0 radical (unpaired) electrons. The van der Waals surface area contributed by atoms with Gasteiger partial charge >= 0.3 is 6.18 Å². The van der Waals surface area contributed by atoms with Crippen LogP contribution >= 0.6 is 12.4 Å². The minimum atomic E-state index is -4.35. The van der Waals surface area contributed by atoms with Crippen molar-refractivity contribution >= 4 is 18.3 Å². The van der Waals surface area contributed by atoms with Gasteiger partial charge in [0.1, 0.15) is 0 Å². The maximum atomic E-state index is 12.8. The molecule has 1 N–H and O–H groups in total. The SMILES string of the molecule is CNCC1CCCN1C(=O)C(C)Cc1cccc(C(F)(F)F)c1.Cl. The van der Waals surface area contributed by atoms with Crippen molar-refractivity contribution in [2.24, 2.45) is 5.92 Å². The summed E-state index contributed by atoms with van der Waals surface area (Å²) in [5.41, 5.74) is -0.117. The minimum absolute atomic E-state index is 0. The van der Waals surface area contributed by atoms with Crippen LogP contribution < -0.4 is 5.32 Å². The Balaban J connectivity index is 0.00000288. The number of hydrogen-bond acceptors (Lipinski definition) is 2. The largest absolute Gasteiger partial charge is 0.416 e. The van der Waals surface area contributed by atoms with E-state index in [4.69, 9.17) is 0 Å². The van der Waals surface area contributed by atoms with Crippen LogP contribution in [0.2, 0.25) is 0 Å². The van der Waals surface area contributed by atoms with Gasteiger partial charge in [-0.15, -0.1) is 12.4 Å². The van der Waals surface area contributed by atoms with Crippen molar-refractivity contribution < 1.29 is 18.0 Å². The summed E-state index contributed by atoms with van der Waals surface area (Å²) >= 11 is 0. The molecular weight excluding hydrogens is 341 g/mol. The smallest absolute Gasteiger partial charge is 0.338 e. The molecule has 1 heterocycles. The summed E-state index contributed by atoms with van der Waals surface area (Å²) in [5, 5.41) is 3.09. The van der Waals surface area contributed by atoms with Gasteiger partial charge in [0.2, 0.25) is 5.91 Å². The maximum Gasteiger partial charge on any atom is 0.416 e.